The summed E-state index contributed by atoms with van der Waals surface area (Å²) in [6.45, 7) is 0.668. The van der Waals surface area contributed by atoms with Gasteiger partial charge in [-0.1, -0.05) is 30.3 Å². The molecule has 1 heterocycles. The number of likely N-dealkylation sites (N-methyl/N-ethyl adjacent to an activating group) is 1. The molecule has 2 aromatic rings. The minimum absolute atomic E-state index is 0.0937. The van der Waals surface area contributed by atoms with Gasteiger partial charge in [0.25, 0.3) is 0 Å². The average Bonchev–Trinajstić information content (AvgIpc) is 2.66. The number of benzene rings is 2. The number of fused-ring (bicyclic) bond motifs is 1. The van der Waals surface area contributed by atoms with E-state index in [9.17, 15) is 4.79 Å². The molecule has 1 unspecified atom stereocenters. The summed E-state index contributed by atoms with van der Waals surface area (Å²) in [7, 11) is 7.35. The molecule has 0 aromatic heterocycles. The Morgan fingerprint density at radius 2 is 1.77 bits per heavy atom. The minimum Gasteiger partial charge on any atom is -0.493 e. The molecule has 0 N–H and O–H groups in total. The van der Waals surface area contributed by atoms with Gasteiger partial charge in [-0.05, 0) is 37.7 Å². The summed E-state index contributed by atoms with van der Waals surface area (Å²) < 4.78 is 10.9. The quantitative estimate of drug-likeness (QED) is 0.828. The highest BCUT2D eigenvalue weighted by atomic mass is 16.5. The van der Waals surface area contributed by atoms with Crippen molar-refractivity contribution < 1.29 is 14.3 Å². The summed E-state index contributed by atoms with van der Waals surface area (Å²) in [5.41, 5.74) is 3.04. The standard InChI is InChI=1S/C21H26N2O3/c1-22(2)17-11-16-12-19(25-3)20(26-4)13-18(16)23(14-17)21(24)10-15-8-6-5-7-9-15/h5-9,12-13,17H,10-11,14H2,1-4H3. The van der Waals surface area contributed by atoms with Crippen molar-refractivity contribution in [2.45, 2.75) is 18.9 Å². The molecule has 3 rings (SSSR count). The van der Waals surface area contributed by atoms with Crippen LogP contribution < -0.4 is 14.4 Å². The predicted octanol–water partition coefficient (Wildman–Crippen LogP) is 2.77. The summed E-state index contributed by atoms with van der Waals surface area (Å²) >= 11 is 0. The number of rotatable bonds is 5. The highest BCUT2D eigenvalue weighted by molar-refractivity contribution is 5.96. The van der Waals surface area contributed by atoms with E-state index in [1.807, 2.05) is 47.4 Å². The molecular weight excluding hydrogens is 328 g/mol. The molecule has 1 atom stereocenters. The van der Waals surface area contributed by atoms with E-state index in [2.05, 4.69) is 19.0 Å². The van der Waals surface area contributed by atoms with Gasteiger partial charge in [-0.3, -0.25) is 4.79 Å². The van der Waals surface area contributed by atoms with Crippen LogP contribution in [0.3, 0.4) is 0 Å². The molecule has 1 aliphatic heterocycles. The largest absolute Gasteiger partial charge is 0.493 e. The van der Waals surface area contributed by atoms with E-state index in [1.165, 1.54) is 0 Å². The molecule has 0 spiro atoms. The monoisotopic (exact) mass is 354 g/mol. The molecule has 26 heavy (non-hydrogen) atoms. The fourth-order valence-electron chi connectivity index (χ4n) is 3.40. The number of carbonyl (C=O) groups is 1. The number of amides is 1. The van der Waals surface area contributed by atoms with E-state index >= 15 is 0 Å². The smallest absolute Gasteiger partial charge is 0.231 e. The van der Waals surface area contributed by atoms with Crippen LogP contribution in [0.1, 0.15) is 11.1 Å². The van der Waals surface area contributed by atoms with E-state index in [0.717, 1.165) is 23.2 Å². The lowest BCUT2D eigenvalue weighted by molar-refractivity contribution is -0.118. The number of ether oxygens (including phenoxy) is 2. The van der Waals surface area contributed by atoms with Gasteiger partial charge >= 0.3 is 0 Å². The SMILES string of the molecule is COc1cc2c(cc1OC)N(C(=O)Cc1ccccc1)CC(N(C)C)C2. The van der Waals surface area contributed by atoms with Crippen LogP contribution in [0, 0.1) is 0 Å². The van der Waals surface area contributed by atoms with Crippen LogP contribution >= 0.6 is 0 Å². The fraction of sp³-hybridized carbons (Fsp3) is 0.381. The molecule has 138 valence electrons. The Kier molecular flexibility index (Phi) is 5.47. The fourth-order valence-corrected chi connectivity index (χ4v) is 3.40. The first-order chi connectivity index (χ1) is 12.5. The lowest BCUT2D eigenvalue weighted by atomic mass is 9.95. The molecule has 0 aliphatic carbocycles. The van der Waals surface area contributed by atoms with E-state index < -0.39 is 0 Å². The number of anilines is 1. The van der Waals surface area contributed by atoms with Gasteiger partial charge in [0.05, 0.1) is 26.3 Å². The number of methoxy groups -OCH3 is 2. The first-order valence-corrected chi connectivity index (χ1v) is 8.79. The highest BCUT2D eigenvalue weighted by Gasteiger charge is 2.31. The van der Waals surface area contributed by atoms with Crippen molar-refractivity contribution >= 4 is 11.6 Å². The maximum atomic E-state index is 13.1. The second-order valence-corrected chi connectivity index (χ2v) is 6.82. The maximum absolute atomic E-state index is 13.1. The zero-order valence-electron chi connectivity index (χ0n) is 15.9. The first kappa shape index (κ1) is 18.3. The Balaban J connectivity index is 1.97. The lowest BCUT2D eigenvalue weighted by Crippen LogP contribution is -2.48. The van der Waals surface area contributed by atoms with Crippen LogP contribution in [0.5, 0.6) is 11.5 Å². The van der Waals surface area contributed by atoms with Crippen molar-refractivity contribution in [3.05, 3.63) is 53.6 Å². The topological polar surface area (TPSA) is 42.0 Å². The predicted molar refractivity (Wildman–Crippen MR) is 103 cm³/mol. The molecule has 0 radical (unpaired) electrons. The van der Waals surface area contributed by atoms with Crippen LogP contribution in [-0.2, 0) is 17.6 Å². The van der Waals surface area contributed by atoms with Crippen LogP contribution in [0.15, 0.2) is 42.5 Å². The second kappa shape index (κ2) is 7.79. The van der Waals surface area contributed by atoms with Crippen molar-refractivity contribution in [1.29, 1.82) is 0 Å². The van der Waals surface area contributed by atoms with Gasteiger partial charge < -0.3 is 19.3 Å². The number of carbonyl (C=O) groups excluding carboxylic acids is 1. The van der Waals surface area contributed by atoms with Crippen LogP contribution in [0.25, 0.3) is 0 Å². The maximum Gasteiger partial charge on any atom is 0.231 e. The summed E-state index contributed by atoms with van der Waals surface area (Å²) in [6, 6.07) is 14.0. The number of hydrogen-bond donors (Lipinski definition) is 0. The van der Waals surface area contributed by atoms with Crippen molar-refractivity contribution in [2.75, 3.05) is 39.8 Å². The minimum atomic E-state index is 0.0937. The van der Waals surface area contributed by atoms with Gasteiger partial charge in [0.15, 0.2) is 11.5 Å². The molecule has 0 saturated heterocycles. The van der Waals surface area contributed by atoms with Gasteiger partial charge in [0.2, 0.25) is 5.91 Å². The highest BCUT2D eigenvalue weighted by Crippen LogP contribution is 2.38. The van der Waals surface area contributed by atoms with Crippen LogP contribution in [0.2, 0.25) is 0 Å². The Morgan fingerprint density at radius 1 is 1.12 bits per heavy atom. The van der Waals surface area contributed by atoms with Crippen molar-refractivity contribution in [1.82, 2.24) is 4.90 Å². The van der Waals surface area contributed by atoms with E-state index in [4.69, 9.17) is 9.47 Å². The molecule has 5 nitrogen and oxygen atoms in total. The third-order valence-corrected chi connectivity index (χ3v) is 4.95. The Labute approximate surface area is 155 Å². The Hall–Kier alpha value is -2.53. The molecule has 5 heteroatoms. The third kappa shape index (κ3) is 3.68. The third-order valence-electron chi connectivity index (χ3n) is 4.95. The molecule has 2 aromatic carbocycles. The van der Waals surface area contributed by atoms with Gasteiger partial charge in [0.1, 0.15) is 0 Å². The normalized spacial score (nSPS) is 16.3. The molecule has 0 fully saturated rings. The van der Waals surface area contributed by atoms with Crippen LogP contribution in [0.4, 0.5) is 5.69 Å². The van der Waals surface area contributed by atoms with E-state index in [-0.39, 0.29) is 11.9 Å². The summed E-state index contributed by atoms with van der Waals surface area (Å²) in [5, 5.41) is 0. The molecule has 0 saturated carbocycles. The summed E-state index contributed by atoms with van der Waals surface area (Å²) in [5.74, 6) is 1.43. The van der Waals surface area contributed by atoms with Gasteiger partial charge in [0, 0.05) is 18.7 Å². The van der Waals surface area contributed by atoms with Gasteiger partial charge in [-0.2, -0.15) is 0 Å². The first-order valence-electron chi connectivity index (χ1n) is 8.79. The lowest BCUT2D eigenvalue weighted by Gasteiger charge is -2.38. The van der Waals surface area contributed by atoms with Crippen molar-refractivity contribution in [2.24, 2.45) is 0 Å². The van der Waals surface area contributed by atoms with Crippen LogP contribution in [-0.4, -0.2) is 51.7 Å². The van der Waals surface area contributed by atoms with E-state index in [1.54, 1.807) is 14.2 Å². The summed E-state index contributed by atoms with van der Waals surface area (Å²) in [4.78, 5) is 17.1. The molecule has 1 aliphatic rings. The second-order valence-electron chi connectivity index (χ2n) is 6.82. The Bertz CT molecular complexity index is 774. The van der Waals surface area contributed by atoms with E-state index in [0.29, 0.717) is 24.5 Å². The number of nitrogens with zero attached hydrogens (tertiary/aromatic N) is 2. The summed E-state index contributed by atoms with van der Waals surface area (Å²) in [6.07, 6.45) is 1.26. The van der Waals surface area contributed by atoms with Crippen molar-refractivity contribution in [3.63, 3.8) is 0 Å². The Morgan fingerprint density at radius 3 is 2.38 bits per heavy atom. The van der Waals surface area contributed by atoms with Gasteiger partial charge in [-0.25, -0.2) is 0 Å². The molecule has 1 amide bonds. The zero-order chi connectivity index (χ0) is 18.7. The zero-order valence-corrected chi connectivity index (χ0v) is 15.9. The average molecular weight is 354 g/mol. The number of hydrogen-bond acceptors (Lipinski definition) is 4. The molecular formula is C21H26N2O3. The van der Waals surface area contributed by atoms with Gasteiger partial charge in [-0.15, -0.1) is 0 Å². The van der Waals surface area contributed by atoms with Crippen molar-refractivity contribution in [3.8, 4) is 11.5 Å². The molecule has 0 bridgehead atoms.